The monoisotopic (exact) mass is 500 g/mol. The summed E-state index contributed by atoms with van der Waals surface area (Å²) in [7, 11) is 1.52. The van der Waals surface area contributed by atoms with E-state index in [1.807, 2.05) is 18.2 Å². The molecule has 11 heteroatoms. The van der Waals surface area contributed by atoms with E-state index in [9.17, 15) is 18.0 Å². The van der Waals surface area contributed by atoms with Gasteiger partial charge in [0.05, 0.1) is 11.5 Å². The fourth-order valence-electron chi connectivity index (χ4n) is 5.09. The molecule has 1 aromatic carbocycles. The average Bonchev–Trinajstić information content (AvgIpc) is 3.38. The Morgan fingerprint density at radius 1 is 1.14 bits per heavy atom. The van der Waals surface area contributed by atoms with E-state index in [0.717, 1.165) is 36.3 Å². The molecule has 1 aliphatic carbocycles. The van der Waals surface area contributed by atoms with Crippen molar-refractivity contribution in [2.75, 3.05) is 40.8 Å². The molecular formula is C24H28N4O6S. The van der Waals surface area contributed by atoms with Crippen molar-refractivity contribution < 1.29 is 27.6 Å². The van der Waals surface area contributed by atoms with Crippen LogP contribution in [0.5, 0.6) is 0 Å². The van der Waals surface area contributed by atoms with Crippen LogP contribution in [0, 0.1) is 11.8 Å². The number of rotatable bonds is 5. The molecule has 186 valence electrons. The first kappa shape index (κ1) is 23.7. The Morgan fingerprint density at radius 3 is 2.54 bits per heavy atom. The van der Waals surface area contributed by atoms with Gasteiger partial charge >= 0.3 is 5.97 Å². The summed E-state index contributed by atoms with van der Waals surface area (Å²) in [6.07, 6.45) is 2.42. The summed E-state index contributed by atoms with van der Waals surface area (Å²) >= 11 is 0. The molecule has 10 nitrogen and oxygen atoms in total. The van der Waals surface area contributed by atoms with E-state index in [0.29, 0.717) is 12.0 Å². The molecule has 2 saturated heterocycles. The van der Waals surface area contributed by atoms with Crippen LogP contribution in [0.25, 0.3) is 5.57 Å². The molecule has 3 aliphatic heterocycles. The average molecular weight is 501 g/mol. The summed E-state index contributed by atoms with van der Waals surface area (Å²) < 4.78 is 31.1. The van der Waals surface area contributed by atoms with E-state index in [4.69, 9.17) is 9.57 Å². The zero-order valence-corrected chi connectivity index (χ0v) is 20.7. The zero-order chi connectivity index (χ0) is 24.9. The van der Waals surface area contributed by atoms with Gasteiger partial charge in [-0.05, 0) is 55.3 Å². The Labute approximate surface area is 204 Å². The molecule has 1 aromatic rings. The number of hydrogen-bond donors (Lipinski definition) is 1. The van der Waals surface area contributed by atoms with Crippen LogP contribution < -0.4 is 5.32 Å². The van der Waals surface area contributed by atoms with Gasteiger partial charge < -0.3 is 19.8 Å². The van der Waals surface area contributed by atoms with E-state index in [2.05, 4.69) is 22.4 Å². The summed E-state index contributed by atoms with van der Waals surface area (Å²) in [6.45, 7) is 1.95. The highest BCUT2D eigenvalue weighted by Gasteiger charge is 2.43. The van der Waals surface area contributed by atoms with E-state index < -0.39 is 22.1 Å². The van der Waals surface area contributed by atoms with Crippen molar-refractivity contribution in [3.63, 3.8) is 0 Å². The molecule has 0 saturated carbocycles. The van der Waals surface area contributed by atoms with Crippen LogP contribution in [0.2, 0.25) is 0 Å². The number of amides is 1. The molecule has 3 atom stereocenters. The van der Waals surface area contributed by atoms with Crippen molar-refractivity contribution in [1.29, 1.82) is 0 Å². The number of nitrogens with one attached hydrogen (secondary N) is 1. The number of piperidine rings is 1. The second kappa shape index (κ2) is 8.89. The lowest BCUT2D eigenvalue weighted by Gasteiger charge is -2.41. The van der Waals surface area contributed by atoms with Gasteiger partial charge in [-0.3, -0.25) is 4.79 Å². The van der Waals surface area contributed by atoms with E-state index in [1.165, 1.54) is 18.4 Å². The fraction of sp³-hybridized carbons (Fsp3) is 0.458. The van der Waals surface area contributed by atoms with Crippen LogP contribution in [0.4, 0.5) is 0 Å². The Kier molecular flexibility index (Phi) is 6.02. The fourth-order valence-corrected chi connectivity index (χ4v) is 5.99. The molecule has 35 heavy (non-hydrogen) atoms. The lowest BCUT2D eigenvalue weighted by Crippen LogP contribution is -2.42. The number of benzene rings is 1. The van der Waals surface area contributed by atoms with Crippen molar-refractivity contribution in [2.24, 2.45) is 17.0 Å². The second-order valence-electron chi connectivity index (χ2n) is 9.45. The van der Waals surface area contributed by atoms with Crippen molar-refractivity contribution in [1.82, 2.24) is 14.5 Å². The van der Waals surface area contributed by atoms with Gasteiger partial charge in [0, 0.05) is 44.2 Å². The van der Waals surface area contributed by atoms with Crippen molar-refractivity contribution in [3.05, 3.63) is 47.2 Å². The van der Waals surface area contributed by atoms with Gasteiger partial charge in [0.2, 0.25) is 16.1 Å². The third-order valence-electron chi connectivity index (χ3n) is 7.02. The van der Waals surface area contributed by atoms with Crippen LogP contribution in [0.3, 0.4) is 0 Å². The van der Waals surface area contributed by atoms with Crippen molar-refractivity contribution in [3.8, 4) is 0 Å². The number of hydrogen-bond acceptors (Lipinski definition) is 8. The minimum atomic E-state index is -3.54. The number of cyclic esters (lactones) is 1. The van der Waals surface area contributed by atoms with Crippen LogP contribution >= 0.6 is 0 Å². The van der Waals surface area contributed by atoms with E-state index >= 15 is 0 Å². The topological polar surface area (TPSA) is 118 Å². The van der Waals surface area contributed by atoms with Crippen LogP contribution in [-0.2, 0) is 29.2 Å². The second-order valence-corrected chi connectivity index (χ2v) is 11.6. The maximum atomic E-state index is 12.9. The molecule has 3 heterocycles. The minimum Gasteiger partial charge on any atom is -0.463 e. The largest absolute Gasteiger partial charge is 0.463 e. The summed E-state index contributed by atoms with van der Waals surface area (Å²) in [6, 6.07) is 6.85. The minimum absolute atomic E-state index is 0.0435. The van der Waals surface area contributed by atoms with Gasteiger partial charge in [-0.1, -0.05) is 17.3 Å². The number of likely N-dealkylation sites (tertiary alicyclic amines) is 1. The Morgan fingerprint density at radius 2 is 1.89 bits per heavy atom. The smallest absolute Gasteiger partial charge is 0.350 e. The van der Waals surface area contributed by atoms with E-state index in [-0.39, 0.29) is 35.0 Å². The molecule has 1 N–H and O–H groups in total. The maximum Gasteiger partial charge on any atom is 0.350 e. The molecule has 0 unspecified atom stereocenters. The predicted octanol–water partition coefficient (Wildman–Crippen LogP) is 0.974. The first-order valence-corrected chi connectivity index (χ1v) is 13.0. The quantitative estimate of drug-likeness (QED) is 0.473. The first-order valence-electron chi connectivity index (χ1n) is 11.6. The summed E-state index contributed by atoms with van der Waals surface area (Å²) in [5.74, 6) is -0.643. The SMILES string of the molecule is CN1CC[C@H]2C(c3ccc(S(=O)(=O)N(C)C)cc3)=CC3=C(NC(=O)/C3=N/O[C@H]3CCOC3=O)[C@H]2C1. The maximum absolute atomic E-state index is 12.9. The molecule has 0 radical (unpaired) electrons. The summed E-state index contributed by atoms with van der Waals surface area (Å²) in [5.41, 5.74) is 3.53. The molecule has 4 aliphatic rings. The van der Waals surface area contributed by atoms with Gasteiger partial charge in [0.15, 0.2) is 5.71 Å². The third-order valence-corrected chi connectivity index (χ3v) is 8.85. The highest BCUT2D eigenvalue weighted by molar-refractivity contribution is 7.89. The molecule has 1 amide bonds. The lowest BCUT2D eigenvalue weighted by atomic mass is 9.72. The van der Waals surface area contributed by atoms with Gasteiger partial charge in [-0.25, -0.2) is 17.5 Å². The highest BCUT2D eigenvalue weighted by atomic mass is 32.2. The van der Waals surface area contributed by atoms with Crippen molar-refractivity contribution in [2.45, 2.75) is 23.8 Å². The zero-order valence-electron chi connectivity index (χ0n) is 19.9. The number of carbonyl (C=O) groups is 2. The standard InChI is InChI=1S/C24H28N4O6S/c1-27(2)35(31,32)15-6-4-14(5-7-15)17-12-18-21(19-13-28(3)10-8-16(17)19)25-23(29)22(18)26-34-20-9-11-33-24(20)30/h4-7,12,16,19-20H,8-11,13H2,1-3H3,(H,25,26,29)/t16-,19-,20-/m0/s1. The molecule has 0 spiro atoms. The first-order chi connectivity index (χ1) is 16.7. The Bertz CT molecular complexity index is 1270. The van der Waals surface area contributed by atoms with E-state index in [1.54, 1.807) is 12.1 Å². The normalized spacial score (nSPS) is 28.1. The molecule has 0 aromatic heterocycles. The number of allylic oxidation sites excluding steroid dienone is 2. The third kappa shape index (κ3) is 4.17. The number of ether oxygens (including phenoxy) is 1. The summed E-state index contributed by atoms with van der Waals surface area (Å²) in [5, 5.41) is 7.06. The van der Waals surface area contributed by atoms with Crippen LogP contribution in [0.15, 0.2) is 51.7 Å². The number of sulfonamides is 1. The van der Waals surface area contributed by atoms with Gasteiger partial charge in [-0.2, -0.15) is 0 Å². The van der Waals surface area contributed by atoms with Crippen LogP contribution in [-0.4, -0.2) is 82.2 Å². The number of carbonyl (C=O) groups excluding carboxylic acids is 2. The molecular weight excluding hydrogens is 472 g/mol. The van der Waals surface area contributed by atoms with Crippen LogP contribution in [0.1, 0.15) is 18.4 Å². The predicted molar refractivity (Wildman–Crippen MR) is 127 cm³/mol. The number of fused-ring (bicyclic) bond motifs is 2. The van der Waals surface area contributed by atoms with Gasteiger partial charge in [0.25, 0.3) is 5.91 Å². The van der Waals surface area contributed by atoms with Gasteiger partial charge in [0.1, 0.15) is 0 Å². The Hall–Kier alpha value is -3.02. The van der Waals surface area contributed by atoms with Gasteiger partial charge in [-0.15, -0.1) is 0 Å². The lowest BCUT2D eigenvalue weighted by molar-refractivity contribution is -0.147. The Balaban J connectivity index is 1.53. The number of oxime groups is 1. The molecule has 5 rings (SSSR count). The number of esters is 1. The summed E-state index contributed by atoms with van der Waals surface area (Å²) in [4.78, 5) is 32.5. The molecule has 2 fully saturated rings. The van der Waals surface area contributed by atoms with Crippen molar-refractivity contribution >= 4 is 33.2 Å². The number of nitrogens with zero attached hydrogens (tertiary/aromatic N) is 3. The molecule has 0 bridgehead atoms. The highest BCUT2D eigenvalue weighted by Crippen LogP contribution is 2.45.